The first kappa shape index (κ1) is 15.9. The van der Waals surface area contributed by atoms with Gasteiger partial charge in [-0.3, -0.25) is 0 Å². The van der Waals surface area contributed by atoms with E-state index in [0.717, 1.165) is 0 Å². The molecule has 0 aliphatic carbocycles. The van der Waals surface area contributed by atoms with Crippen molar-refractivity contribution in [3.05, 3.63) is 58.3 Å². The van der Waals surface area contributed by atoms with Crippen LogP contribution in [0, 0.1) is 0 Å². The second kappa shape index (κ2) is 6.26. The van der Waals surface area contributed by atoms with Gasteiger partial charge in [0.2, 0.25) is 0 Å². The maximum absolute atomic E-state index is 12.3. The summed E-state index contributed by atoms with van der Waals surface area (Å²) in [7, 11) is -4.03. The van der Waals surface area contributed by atoms with Gasteiger partial charge in [-0.25, -0.2) is 4.68 Å². The summed E-state index contributed by atoms with van der Waals surface area (Å²) in [5, 5.41) is 10.9. The lowest BCUT2D eigenvalue weighted by atomic mass is 10.3. The van der Waals surface area contributed by atoms with E-state index in [2.05, 4.69) is 31.5 Å². The van der Waals surface area contributed by atoms with Gasteiger partial charge in [0.25, 0.3) is 0 Å². The zero-order valence-electron chi connectivity index (χ0n) is 11.3. The lowest BCUT2D eigenvalue weighted by molar-refractivity contribution is 0.486. The molecule has 0 N–H and O–H groups in total. The molecule has 0 radical (unpaired) electrons. The molecule has 23 heavy (non-hydrogen) atoms. The highest BCUT2D eigenvalue weighted by molar-refractivity contribution is 9.10. The maximum atomic E-state index is 12.3. The molecule has 0 aliphatic rings. The number of hydrogen-bond acceptors (Lipinski definition) is 6. The third-order valence-corrected chi connectivity index (χ3v) is 5.04. The standard InChI is InChI=1S/C13H8BrClN4O3S/c14-9-1-6-13(12(15)7-9)23(20,21)22-11-4-2-10(3-5-11)19-8-16-17-18-19/h1-8H. The maximum Gasteiger partial charge on any atom is 0.340 e. The van der Waals surface area contributed by atoms with Crippen LogP contribution in [0.25, 0.3) is 5.69 Å². The SMILES string of the molecule is O=S(=O)(Oc1ccc(-n2cnnn2)cc1)c1ccc(Br)cc1Cl. The third-order valence-electron chi connectivity index (χ3n) is 2.82. The second-order valence-electron chi connectivity index (χ2n) is 4.36. The Labute approximate surface area is 145 Å². The summed E-state index contributed by atoms with van der Waals surface area (Å²) >= 11 is 9.18. The average molecular weight is 416 g/mol. The molecule has 7 nitrogen and oxygen atoms in total. The number of rotatable bonds is 4. The minimum absolute atomic E-state index is 0.0738. The molecule has 3 aromatic rings. The first-order valence-corrected chi connectivity index (χ1v) is 8.76. The summed E-state index contributed by atoms with van der Waals surface area (Å²) in [6.07, 6.45) is 1.42. The van der Waals surface area contributed by atoms with Gasteiger partial charge in [-0.1, -0.05) is 27.5 Å². The van der Waals surface area contributed by atoms with Crippen LogP contribution < -0.4 is 4.18 Å². The van der Waals surface area contributed by atoms with Crippen molar-refractivity contribution in [3.63, 3.8) is 0 Å². The van der Waals surface area contributed by atoms with Crippen LogP contribution in [0.3, 0.4) is 0 Å². The van der Waals surface area contributed by atoms with Crippen LogP contribution in [0.15, 0.2) is 58.2 Å². The Morgan fingerprint density at radius 1 is 1.13 bits per heavy atom. The third kappa shape index (κ3) is 3.52. The lowest BCUT2D eigenvalue weighted by Gasteiger charge is -2.09. The first-order valence-electron chi connectivity index (χ1n) is 6.19. The van der Waals surface area contributed by atoms with Crippen molar-refractivity contribution in [1.29, 1.82) is 0 Å². The Balaban J connectivity index is 1.86. The van der Waals surface area contributed by atoms with Crippen molar-refractivity contribution in [2.75, 3.05) is 0 Å². The van der Waals surface area contributed by atoms with E-state index >= 15 is 0 Å². The van der Waals surface area contributed by atoms with Gasteiger partial charge in [0.05, 0.1) is 10.7 Å². The van der Waals surface area contributed by atoms with Gasteiger partial charge in [-0.15, -0.1) is 5.10 Å². The highest BCUT2D eigenvalue weighted by Crippen LogP contribution is 2.28. The van der Waals surface area contributed by atoms with Gasteiger partial charge in [0, 0.05) is 4.47 Å². The summed E-state index contributed by atoms with van der Waals surface area (Å²) in [6, 6.07) is 10.7. The zero-order valence-corrected chi connectivity index (χ0v) is 14.5. The molecule has 3 rings (SSSR count). The number of halogens is 2. The fourth-order valence-corrected chi connectivity index (χ4v) is 3.73. The van der Waals surface area contributed by atoms with Crippen molar-refractivity contribution in [3.8, 4) is 11.4 Å². The van der Waals surface area contributed by atoms with Crippen molar-refractivity contribution in [1.82, 2.24) is 20.2 Å². The number of benzene rings is 2. The van der Waals surface area contributed by atoms with Gasteiger partial charge < -0.3 is 4.18 Å². The molecule has 0 saturated heterocycles. The van der Waals surface area contributed by atoms with E-state index in [1.807, 2.05) is 0 Å². The number of aromatic nitrogens is 4. The molecule has 2 aromatic carbocycles. The Morgan fingerprint density at radius 2 is 1.87 bits per heavy atom. The molecule has 0 atom stereocenters. The predicted molar refractivity (Wildman–Crippen MR) is 86.1 cm³/mol. The van der Waals surface area contributed by atoms with Gasteiger partial charge in [0.1, 0.15) is 17.0 Å². The van der Waals surface area contributed by atoms with Gasteiger partial charge in [-0.2, -0.15) is 8.42 Å². The van der Waals surface area contributed by atoms with Crippen molar-refractivity contribution in [2.24, 2.45) is 0 Å². The Morgan fingerprint density at radius 3 is 2.48 bits per heavy atom. The van der Waals surface area contributed by atoms with Gasteiger partial charge in [0.15, 0.2) is 0 Å². The topological polar surface area (TPSA) is 87.0 Å². The molecule has 0 saturated carbocycles. The smallest absolute Gasteiger partial charge is 0.340 e. The highest BCUT2D eigenvalue weighted by Gasteiger charge is 2.20. The van der Waals surface area contributed by atoms with Crippen LogP contribution in [0.5, 0.6) is 5.75 Å². The van der Waals surface area contributed by atoms with E-state index in [4.69, 9.17) is 15.8 Å². The van der Waals surface area contributed by atoms with Crippen LogP contribution in [-0.4, -0.2) is 28.6 Å². The number of hydrogen-bond donors (Lipinski definition) is 0. The monoisotopic (exact) mass is 414 g/mol. The Hall–Kier alpha value is -1.97. The Kier molecular flexibility index (Phi) is 4.33. The van der Waals surface area contributed by atoms with E-state index in [0.29, 0.717) is 10.2 Å². The lowest BCUT2D eigenvalue weighted by Crippen LogP contribution is -2.10. The summed E-state index contributed by atoms with van der Waals surface area (Å²) in [6.45, 7) is 0. The van der Waals surface area contributed by atoms with E-state index in [1.165, 1.54) is 35.3 Å². The molecule has 0 bridgehead atoms. The van der Waals surface area contributed by atoms with Gasteiger partial charge >= 0.3 is 10.1 Å². The Bertz CT molecular complexity index is 930. The molecule has 10 heteroatoms. The first-order chi connectivity index (χ1) is 11.0. The van der Waals surface area contributed by atoms with Crippen LogP contribution in [0.4, 0.5) is 0 Å². The van der Waals surface area contributed by atoms with Crippen molar-refractivity contribution < 1.29 is 12.6 Å². The van der Waals surface area contributed by atoms with E-state index in [1.54, 1.807) is 18.2 Å². The highest BCUT2D eigenvalue weighted by atomic mass is 79.9. The fraction of sp³-hybridized carbons (Fsp3) is 0. The van der Waals surface area contributed by atoms with Crippen LogP contribution in [0.2, 0.25) is 5.02 Å². The molecule has 118 valence electrons. The minimum atomic E-state index is -4.03. The quantitative estimate of drug-likeness (QED) is 0.609. The molecule has 0 amide bonds. The van der Waals surface area contributed by atoms with Crippen LogP contribution in [0.1, 0.15) is 0 Å². The number of nitrogens with zero attached hydrogens (tertiary/aromatic N) is 4. The minimum Gasteiger partial charge on any atom is -0.379 e. The van der Waals surface area contributed by atoms with E-state index < -0.39 is 10.1 Å². The summed E-state index contributed by atoms with van der Waals surface area (Å²) in [5.74, 6) is 0.154. The summed E-state index contributed by atoms with van der Waals surface area (Å²) in [5.41, 5.74) is 0.668. The summed E-state index contributed by atoms with van der Waals surface area (Å²) in [4.78, 5) is -0.105. The predicted octanol–water partition coefficient (Wildman–Crippen LogP) is 2.85. The van der Waals surface area contributed by atoms with Crippen molar-refractivity contribution >= 4 is 37.6 Å². The van der Waals surface area contributed by atoms with Crippen LogP contribution in [-0.2, 0) is 10.1 Å². The summed E-state index contributed by atoms with van der Waals surface area (Å²) < 4.78 is 31.8. The van der Waals surface area contributed by atoms with Crippen LogP contribution >= 0.6 is 27.5 Å². The normalized spacial score (nSPS) is 11.4. The number of tetrazole rings is 1. The van der Waals surface area contributed by atoms with E-state index in [9.17, 15) is 8.42 Å². The van der Waals surface area contributed by atoms with Gasteiger partial charge in [-0.05, 0) is 52.9 Å². The van der Waals surface area contributed by atoms with E-state index in [-0.39, 0.29) is 15.7 Å². The fourth-order valence-electron chi connectivity index (χ4n) is 1.78. The molecular formula is C13H8BrClN4O3S. The molecule has 1 heterocycles. The average Bonchev–Trinajstić information content (AvgIpc) is 3.01. The second-order valence-corrected chi connectivity index (χ2v) is 7.20. The molecule has 0 fully saturated rings. The molecule has 0 unspecified atom stereocenters. The molecular weight excluding hydrogens is 408 g/mol. The largest absolute Gasteiger partial charge is 0.379 e. The molecule has 0 aliphatic heterocycles. The molecule has 1 aromatic heterocycles. The van der Waals surface area contributed by atoms with Crippen molar-refractivity contribution in [2.45, 2.75) is 4.90 Å². The zero-order chi connectivity index (χ0) is 16.4. The molecule has 0 spiro atoms.